The van der Waals surface area contributed by atoms with Crippen LogP contribution < -0.4 is 5.73 Å². The van der Waals surface area contributed by atoms with Crippen LogP contribution in [0, 0.1) is 5.82 Å². The Kier molecular flexibility index (Phi) is 2.83. The van der Waals surface area contributed by atoms with Crippen LogP contribution in [0.4, 0.5) is 13.2 Å². The molecule has 0 heterocycles. The summed E-state index contributed by atoms with van der Waals surface area (Å²) in [5, 5.41) is 0. The first-order valence-electron chi connectivity index (χ1n) is 4.59. The second kappa shape index (κ2) is 3.52. The normalized spacial score (nSPS) is 13.0. The van der Waals surface area contributed by atoms with E-state index < -0.39 is 17.3 Å². The van der Waals surface area contributed by atoms with Crippen molar-refractivity contribution < 1.29 is 13.2 Å². The van der Waals surface area contributed by atoms with Gasteiger partial charge >= 0.3 is 0 Å². The minimum Gasteiger partial charge on any atom is -0.322 e. The molecule has 0 spiro atoms. The molecule has 0 atom stereocenters. The molecular weight excluding hydrogens is 203 g/mol. The molecule has 0 radical (unpaired) electrons. The smallest absolute Gasteiger partial charge is 0.270 e. The Hall–Kier alpha value is -1.03. The quantitative estimate of drug-likeness (QED) is 0.809. The summed E-state index contributed by atoms with van der Waals surface area (Å²) in [4.78, 5) is 0. The van der Waals surface area contributed by atoms with E-state index in [1.54, 1.807) is 13.8 Å². The molecule has 2 N–H and O–H groups in total. The van der Waals surface area contributed by atoms with Crippen LogP contribution in [0.25, 0.3) is 0 Å². The van der Waals surface area contributed by atoms with Crippen molar-refractivity contribution in [2.45, 2.75) is 32.2 Å². The zero-order valence-electron chi connectivity index (χ0n) is 8.94. The average Bonchev–Trinajstić information content (AvgIpc) is 2.00. The summed E-state index contributed by atoms with van der Waals surface area (Å²) >= 11 is 0. The van der Waals surface area contributed by atoms with E-state index in [2.05, 4.69) is 0 Å². The van der Waals surface area contributed by atoms with E-state index in [4.69, 9.17) is 5.73 Å². The minimum absolute atomic E-state index is 0.0986. The lowest BCUT2D eigenvalue weighted by molar-refractivity contribution is 0.0172. The van der Waals surface area contributed by atoms with Crippen LogP contribution in [0.1, 0.15) is 31.9 Å². The van der Waals surface area contributed by atoms with E-state index in [1.807, 2.05) is 0 Å². The molecule has 0 saturated carbocycles. The van der Waals surface area contributed by atoms with Crippen molar-refractivity contribution in [1.29, 1.82) is 0 Å². The Morgan fingerprint density at radius 2 is 1.67 bits per heavy atom. The van der Waals surface area contributed by atoms with Crippen LogP contribution in [0.5, 0.6) is 0 Å². The fourth-order valence-electron chi connectivity index (χ4n) is 1.29. The zero-order valence-corrected chi connectivity index (χ0v) is 8.94. The van der Waals surface area contributed by atoms with Crippen molar-refractivity contribution in [3.8, 4) is 0 Å². The Labute approximate surface area is 87.1 Å². The Balaban J connectivity index is 3.30. The van der Waals surface area contributed by atoms with Crippen molar-refractivity contribution in [3.05, 3.63) is 35.1 Å². The highest BCUT2D eigenvalue weighted by atomic mass is 19.3. The van der Waals surface area contributed by atoms with Gasteiger partial charge in [-0.2, -0.15) is 0 Å². The third kappa shape index (κ3) is 2.72. The van der Waals surface area contributed by atoms with Crippen molar-refractivity contribution >= 4 is 0 Å². The van der Waals surface area contributed by atoms with Gasteiger partial charge in [0, 0.05) is 23.6 Å². The lowest BCUT2D eigenvalue weighted by Crippen LogP contribution is -2.30. The number of rotatable bonds is 2. The van der Waals surface area contributed by atoms with Crippen molar-refractivity contribution in [2.75, 3.05) is 0 Å². The number of hydrogen-bond acceptors (Lipinski definition) is 1. The standard InChI is InChI=1S/C11H14F3N/c1-10(2,15)8-6-7(11(3,13)14)4-5-9(8)12/h4-6H,15H2,1-3H3. The van der Waals surface area contributed by atoms with E-state index in [1.165, 1.54) is 0 Å². The predicted octanol–water partition coefficient (Wildman–Crippen LogP) is 3.13. The fraction of sp³-hybridized carbons (Fsp3) is 0.455. The van der Waals surface area contributed by atoms with Crippen LogP contribution in [-0.4, -0.2) is 0 Å². The molecule has 0 unspecified atom stereocenters. The Morgan fingerprint density at radius 3 is 2.07 bits per heavy atom. The highest BCUT2D eigenvalue weighted by Gasteiger charge is 2.27. The van der Waals surface area contributed by atoms with E-state index in [0.717, 1.165) is 25.1 Å². The first-order valence-corrected chi connectivity index (χ1v) is 4.59. The number of hydrogen-bond donors (Lipinski definition) is 1. The average molecular weight is 217 g/mol. The van der Waals surface area contributed by atoms with Gasteiger partial charge in [-0.25, -0.2) is 13.2 Å². The largest absolute Gasteiger partial charge is 0.322 e. The minimum atomic E-state index is -2.98. The molecule has 15 heavy (non-hydrogen) atoms. The van der Waals surface area contributed by atoms with Gasteiger partial charge in [0.15, 0.2) is 0 Å². The van der Waals surface area contributed by atoms with Gasteiger partial charge in [0.05, 0.1) is 0 Å². The molecule has 0 amide bonds. The summed E-state index contributed by atoms with van der Waals surface area (Å²) in [7, 11) is 0. The highest BCUT2D eigenvalue weighted by molar-refractivity contribution is 5.31. The molecule has 0 aliphatic carbocycles. The molecule has 0 bridgehead atoms. The van der Waals surface area contributed by atoms with Gasteiger partial charge in [-0.3, -0.25) is 0 Å². The summed E-state index contributed by atoms with van der Waals surface area (Å²) in [6, 6.07) is 3.22. The zero-order chi connectivity index (χ0) is 11.9. The molecule has 84 valence electrons. The molecule has 0 aliphatic heterocycles. The summed E-state index contributed by atoms with van der Waals surface area (Å²) in [6.45, 7) is 3.92. The third-order valence-corrected chi connectivity index (χ3v) is 2.17. The molecule has 1 aromatic carbocycles. The molecule has 1 nitrogen and oxygen atoms in total. The molecule has 4 heteroatoms. The third-order valence-electron chi connectivity index (χ3n) is 2.17. The Bertz CT molecular complexity index is 361. The molecule has 0 aromatic heterocycles. The van der Waals surface area contributed by atoms with Crippen molar-refractivity contribution in [3.63, 3.8) is 0 Å². The lowest BCUT2D eigenvalue weighted by Gasteiger charge is -2.22. The first-order chi connectivity index (χ1) is 6.62. The van der Waals surface area contributed by atoms with Gasteiger partial charge < -0.3 is 5.73 Å². The van der Waals surface area contributed by atoms with Gasteiger partial charge in [0.1, 0.15) is 5.82 Å². The number of benzene rings is 1. The number of halogens is 3. The van der Waals surface area contributed by atoms with E-state index in [9.17, 15) is 13.2 Å². The molecular formula is C11H14F3N. The second-order valence-electron chi connectivity index (χ2n) is 4.30. The van der Waals surface area contributed by atoms with Crippen LogP contribution in [-0.2, 0) is 11.5 Å². The highest BCUT2D eigenvalue weighted by Crippen LogP contribution is 2.30. The SMILES string of the molecule is CC(C)(N)c1cc(C(C)(F)F)ccc1F. The van der Waals surface area contributed by atoms with Gasteiger partial charge in [-0.15, -0.1) is 0 Å². The summed E-state index contributed by atoms with van der Waals surface area (Å²) in [5.74, 6) is -3.54. The van der Waals surface area contributed by atoms with Gasteiger partial charge in [-0.1, -0.05) is 6.07 Å². The van der Waals surface area contributed by atoms with Crippen LogP contribution in [0.2, 0.25) is 0 Å². The van der Waals surface area contributed by atoms with E-state index >= 15 is 0 Å². The summed E-state index contributed by atoms with van der Waals surface area (Å²) in [5.41, 5.74) is 4.59. The maximum Gasteiger partial charge on any atom is 0.270 e. The van der Waals surface area contributed by atoms with Gasteiger partial charge in [0.25, 0.3) is 5.92 Å². The lowest BCUT2D eigenvalue weighted by atomic mass is 9.92. The Morgan fingerprint density at radius 1 is 1.13 bits per heavy atom. The molecule has 1 rings (SSSR count). The number of nitrogens with two attached hydrogens (primary N) is 1. The summed E-state index contributed by atoms with van der Waals surface area (Å²) < 4.78 is 39.3. The van der Waals surface area contributed by atoms with E-state index in [0.29, 0.717) is 0 Å². The van der Waals surface area contributed by atoms with Gasteiger partial charge in [0.2, 0.25) is 0 Å². The second-order valence-corrected chi connectivity index (χ2v) is 4.30. The maximum atomic E-state index is 13.3. The summed E-state index contributed by atoms with van der Waals surface area (Å²) in [6.07, 6.45) is 0. The molecule has 0 aliphatic rings. The topological polar surface area (TPSA) is 26.0 Å². The van der Waals surface area contributed by atoms with Crippen molar-refractivity contribution in [2.24, 2.45) is 5.73 Å². The molecule has 0 saturated heterocycles. The first kappa shape index (κ1) is 12.0. The number of alkyl halides is 2. The van der Waals surface area contributed by atoms with Crippen LogP contribution in [0.3, 0.4) is 0 Å². The van der Waals surface area contributed by atoms with Crippen LogP contribution in [0.15, 0.2) is 18.2 Å². The van der Waals surface area contributed by atoms with Crippen molar-refractivity contribution in [1.82, 2.24) is 0 Å². The van der Waals surface area contributed by atoms with E-state index in [-0.39, 0.29) is 11.1 Å². The fourth-order valence-corrected chi connectivity index (χ4v) is 1.29. The predicted molar refractivity (Wildman–Crippen MR) is 53.2 cm³/mol. The maximum absolute atomic E-state index is 13.3. The molecule has 0 fully saturated rings. The monoisotopic (exact) mass is 217 g/mol. The molecule has 1 aromatic rings. The van der Waals surface area contributed by atoms with Crippen LogP contribution >= 0.6 is 0 Å². The van der Waals surface area contributed by atoms with Gasteiger partial charge in [-0.05, 0) is 26.0 Å².